The van der Waals surface area contributed by atoms with Gasteiger partial charge in [0, 0.05) is 12.1 Å². The summed E-state index contributed by atoms with van der Waals surface area (Å²) in [6.45, 7) is 1.86. The van der Waals surface area contributed by atoms with E-state index in [4.69, 9.17) is 4.74 Å². The highest BCUT2D eigenvalue weighted by atomic mass is 32.1. The van der Waals surface area contributed by atoms with E-state index in [0.717, 1.165) is 28.3 Å². The average molecular weight is 490 g/mol. The number of carbonyl (C=O) groups is 2. The molecular formula is C28H31N3O3S. The van der Waals surface area contributed by atoms with Crippen molar-refractivity contribution in [1.29, 1.82) is 0 Å². The molecule has 35 heavy (non-hydrogen) atoms. The molecule has 6 nitrogen and oxygen atoms in total. The number of rotatable bonds is 7. The van der Waals surface area contributed by atoms with Crippen LogP contribution in [0.15, 0.2) is 53.9 Å². The van der Waals surface area contributed by atoms with Crippen molar-refractivity contribution in [2.24, 2.45) is 23.2 Å². The summed E-state index contributed by atoms with van der Waals surface area (Å²) in [5.74, 6) is 1.70. The third-order valence-electron chi connectivity index (χ3n) is 8.41. The zero-order chi connectivity index (χ0) is 24.0. The van der Waals surface area contributed by atoms with Crippen molar-refractivity contribution in [3.8, 4) is 16.3 Å². The second-order valence-corrected chi connectivity index (χ2v) is 11.7. The predicted octanol–water partition coefficient (Wildman–Crippen LogP) is 5.48. The number of carbonyl (C=O) groups excluding carboxylic acids is 2. The van der Waals surface area contributed by atoms with Crippen molar-refractivity contribution in [2.75, 3.05) is 6.61 Å². The van der Waals surface area contributed by atoms with Crippen molar-refractivity contribution in [2.45, 2.75) is 51.5 Å². The molecule has 3 aromatic rings. The van der Waals surface area contributed by atoms with Crippen LogP contribution < -0.4 is 5.32 Å². The molecule has 2 aromatic heterocycles. The van der Waals surface area contributed by atoms with Crippen molar-refractivity contribution in [3.63, 3.8) is 0 Å². The van der Waals surface area contributed by atoms with E-state index in [2.05, 4.69) is 17.3 Å². The van der Waals surface area contributed by atoms with Gasteiger partial charge in [-0.1, -0.05) is 24.3 Å². The Hall–Kier alpha value is -2.93. The summed E-state index contributed by atoms with van der Waals surface area (Å²) in [7, 11) is 0. The first kappa shape index (κ1) is 22.5. The SMILES string of the molecule is CC(NC(=O)COC(=O)c1cc(-c2cccs2)nn1-c1ccccc1)C12CC3CC(CC(C3)C1)C2. The second kappa shape index (κ2) is 8.94. The molecule has 7 rings (SSSR count). The molecule has 0 spiro atoms. The molecule has 1 unspecified atom stereocenters. The highest BCUT2D eigenvalue weighted by Crippen LogP contribution is 2.61. The Morgan fingerprint density at radius 2 is 1.77 bits per heavy atom. The van der Waals surface area contributed by atoms with Crippen LogP contribution in [0.3, 0.4) is 0 Å². The number of benzene rings is 1. The van der Waals surface area contributed by atoms with Gasteiger partial charge in [-0.15, -0.1) is 11.3 Å². The maximum atomic E-state index is 13.1. The lowest BCUT2D eigenvalue weighted by Gasteiger charge is -2.59. The summed E-state index contributed by atoms with van der Waals surface area (Å²) >= 11 is 1.56. The lowest BCUT2D eigenvalue weighted by Crippen LogP contribution is -2.56. The van der Waals surface area contributed by atoms with Crippen LogP contribution in [0, 0.1) is 23.2 Å². The normalized spacial score (nSPS) is 27.5. The molecule has 4 saturated carbocycles. The molecule has 1 amide bonds. The van der Waals surface area contributed by atoms with E-state index >= 15 is 0 Å². The fraction of sp³-hybridized carbons (Fsp3) is 0.464. The van der Waals surface area contributed by atoms with E-state index in [0.29, 0.717) is 11.4 Å². The van der Waals surface area contributed by atoms with Crippen LogP contribution in [-0.2, 0) is 9.53 Å². The smallest absolute Gasteiger partial charge is 0.357 e. The van der Waals surface area contributed by atoms with Gasteiger partial charge in [0.15, 0.2) is 12.3 Å². The number of amides is 1. The number of hydrogen-bond donors (Lipinski definition) is 1. The van der Waals surface area contributed by atoms with E-state index < -0.39 is 5.97 Å². The molecule has 0 radical (unpaired) electrons. The van der Waals surface area contributed by atoms with E-state index in [-0.39, 0.29) is 24.0 Å². The number of hydrogen-bond acceptors (Lipinski definition) is 5. The number of esters is 1. The van der Waals surface area contributed by atoms with Gasteiger partial charge in [0.1, 0.15) is 5.69 Å². The summed E-state index contributed by atoms with van der Waals surface area (Å²) < 4.78 is 7.08. The Balaban J connectivity index is 1.13. The molecule has 4 aliphatic rings. The van der Waals surface area contributed by atoms with Gasteiger partial charge in [-0.3, -0.25) is 4.79 Å². The van der Waals surface area contributed by atoms with Crippen LogP contribution in [0.5, 0.6) is 0 Å². The fourth-order valence-corrected chi connectivity index (χ4v) is 7.87. The molecule has 7 heteroatoms. The Labute approximate surface area is 209 Å². The Bertz CT molecular complexity index is 1180. The molecule has 4 bridgehead atoms. The van der Waals surface area contributed by atoms with Crippen LogP contribution >= 0.6 is 11.3 Å². The average Bonchev–Trinajstić information content (AvgIpc) is 3.52. The Morgan fingerprint density at radius 3 is 2.40 bits per heavy atom. The van der Waals surface area contributed by atoms with Gasteiger partial charge in [0.05, 0.1) is 10.6 Å². The minimum absolute atomic E-state index is 0.0994. The van der Waals surface area contributed by atoms with Crippen LogP contribution in [0.25, 0.3) is 16.3 Å². The molecule has 1 aromatic carbocycles. The van der Waals surface area contributed by atoms with Crippen molar-refractivity contribution in [1.82, 2.24) is 15.1 Å². The van der Waals surface area contributed by atoms with E-state index in [9.17, 15) is 9.59 Å². The number of thiophene rings is 1. The maximum Gasteiger partial charge on any atom is 0.357 e. The van der Waals surface area contributed by atoms with Crippen LogP contribution in [0.4, 0.5) is 0 Å². The summed E-state index contributed by atoms with van der Waals surface area (Å²) in [5.41, 5.74) is 2.00. The minimum atomic E-state index is -0.554. The molecule has 2 heterocycles. The molecule has 182 valence electrons. The first-order valence-corrected chi connectivity index (χ1v) is 13.5. The predicted molar refractivity (Wildman–Crippen MR) is 135 cm³/mol. The Morgan fingerprint density at radius 1 is 1.09 bits per heavy atom. The van der Waals surface area contributed by atoms with E-state index in [1.54, 1.807) is 22.1 Å². The zero-order valence-corrected chi connectivity index (χ0v) is 20.8. The maximum absolute atomic E-state index is 13.1. The number of nitrogens with one attached hydrogen (secondary N) is 1. The number of nitrogens with zero attached hydrogens (tertiary/aromatic N) is 2. The fourth-order valence-electron chi connectivity index (χ4n) is 7.19. The van der Waals surface area contributed by atoms with Gasteiger partial charge >= 0.3 is 5.97 Å². The molecule has 4 aliphatic carbocycles. The van der Waals surface area contributed by atoms with Crippen molar-refractivity contribution in [3.05, 3.63) is 59.6 Å². The summed E-state index contributed by atoms with van der Waals surface area (Å²) in [6.07, 6.45) is 7.80. The first-order valence-electron chi connectivity index (χ1n) is 12.6. The minimum Gasteiger partial charge on any atom is -0.451 e. The largest absolute Gasteiger partial charge is 0.451 e. The molecule has 1 N–H and O–H groups in total. The van der Waals surface area contributed by atoms with Crippen molar-refractivity contribution < 1.29 is 14.3 Å². The van der Waals surface area contributed by atoms with Gasteiger partial charge in [-0.25, -0.2) is 9.48 Å². The van der Waals surface area contributed by atoms with Gasteiger partial charge < -0.3 is 10.1 Å². The summed E-state index contributed by atoms with van der Waals surface area (Å²) in [5, 5.41) is 9.81. The highest BCUT2D eigenvalue weighted by Gasteiger charge is 2.53. The molecule has 0 aliphatic heterocycles. The summed E-state index contributed by atoms with van der Waals surface area (Å²) in [6, 6.07) is 15.3. The van der Waals surface area contributed by atoms with Gasteiger partial charge in [0.2, 0.25) is 0 Å². The van der Waals surface area contributed by atoms with E-state index in [1.165, 1.54) is 38.5 Å². The van der Waals surface area contributed by atoms with Crippen LogP contribution in [0.1, 0.15) is 55.9 Å². The monoisotopic (exact) mass is 489 g/mol. The Kier molecular flexibility index (Phi) is 5.75. The molecule has 4 fully saturated rings. The first-order chi connectivity index (χ1) is 17.0. The number of para-hydroxylation sites is 1. The standard InChI is InChI=1S/C28H31N3O3S/c1-18(28-14-19-10-20(15-28)12-21(11-19)16-28)29-26(32)17-34-27(33)24-13-23(25-8-5-9-35-25)30-31(24)22-6-3-2-4-7-22/h2-9,13,18-21H,10-12,14-17H2,1H3,(H,29,32). The zero-order valence-electron chi connectivity index (χ0n) is 20.0. The summed E-state index contributed by atoms with van der Waals surface area (Å²) in [4.78, 5) is 26.9. The third-order valence-corrected chi connectivity index (χ3v) is 9.30. The highest BCUT2D eigenvalue weighted by molar-refractivity contribution is 7.13. The lowest BCUT2D eigenvalue weighted by atomic mass is 9.48. The van der Waals surface area contributed by atoms with Gasteiger partial charge in [-0.05, 0) is 92.2 Å². The van der Waals surface area contributed by atoms with Gasteiger partial charge in [-0.2, -0.15) is 5.10 Å². The van der Waals surface area contributed by atoms with E-state index in [1.807, 2.05) is 47.8 Å². The van der Waals surface area contributed by atoms with Gasteiger partial charge in [0.25, 0.3) is 5.91 Å². The molecule has 0 saturated heterocycles. The quantitative estimate of drug-likeness (QED) is 0.446. The topological polar surface area (TPSA) is 73.2 Å². The molecule has 1 atom stereocenters. The van der Waals surface area contributed by atoms with Crippen LogP contribution in [0.2, 0.25) is 0 Å². The van der Waals surface area contributed by atoms with Crippen molar-refractivity contribution >= 4 is 23.2 Å². The number of aromatic nitrogens is 2. The number of ether oxygens (including phenoxy) is 1. The third kappa shape index (κ3) is 4.31. The van der Waals surface area contributed by atoms with Crippen LogP contribution in [-0.4, -0.2) is 34.3 Å². The second-order valence-electron chi connectivity index (χ2n) is 10.8. The molecular weight excluding hydrogens is 458 g/mol. The lowest BCUT2D eigenvalue weighted by molar-refractivity contribution is -0.128.